The van der Waals surface area contributed by atoms with Crippen LogP contribution in [0.3, 0.4) is 0 Å². The molecule has 0 amide bonds. The Morgan fingerprint density at radius 1 is 1.14 bits per heavy atom. The van der Waals surface area contributed by atoms with E-state index in [0.717, 1.165) is 15.6 Å². The van der Waals surface area contributed by atoms with Gasteiger partial charge in [-0.05, 0) is 23.8 Å². The van der Waals surface area contributed by atoms with Gasteiger partial charge >= 0.3 is 12.3 Å². The van der Waals surface area contributed by atoms with Crippen molar-refractivity contribution in [3.63, 3.8) is 0 Å². The lowest BCUT2D eigenvalue weighted by Gasteiger charge is -2.24. The lowest BCUT2D eigenvalue weighted by Crippen LogP contribution is -2.35. The number of methoxy groups -OCH3 is 1. The molecule has 1 unspecified atom stereocenters. The third-order valence-electron chi connectivity index (χ3n) is 3.28. The normalized spacial score (nSPS) is 16.4. The predicted molar refractivity (Wildman–Crippen MR) is 80.5 cm³/mol. The van der Waals surface area contributed by atoms with Gasteiger partial charge in [0.15, 0.2) is 0 Å². The third-order valence-corrected chi connectivity index (χ3v) is 4.02. The van der Waals surface area contributed by atoms with Crippen LogP contribution < -0.4 is 9.47 Å². The van der Waals surface area contributed by atoms with Gasteiger partial charge in [0.05, 0.1) is 7.11 Å². The molecule has 1 aliphatic rings. The average Bonchev–Trinajstić information content (AvgIpc) is 2.48. The molecule has 21 heavy (non-hydrogen) atoms. The summed E-state index contributed by atoms with van der Waals surface area (Å²) < 4.78 is 17.1. The smallest absolute Gasteiger partial charge is 0.389 e. The second-order valence-electron chi connectivity index (χ2n) is 4.59. The molecule has 0 saturated heterocycles. The molecule has 108 valence electrons. The fraction of sp³-hybridized carbons (Fsp3) is 0.188. The maximum Gasteiger partial charge on any atom is 0.389 e. The number of para-hydroxylation sites is 1. The van der Waals surface area contributed by atoms with Crippen LogP contribution in [0.2, 0.25) is 0 Å². The first kappa shape index (κ1) is 13.9. The third kappa shape index (κ3) is 2.74. The van der Waals surface area contributed by atoms with Crippen molar-refractivity contribution in [1.29, 1.82) is 0 Å². The number of halogens is 1. The summed E-state index contributed by atoms with van der Waals surface area (Å²) in [6.07, 6.45) is -0.467. The standard InChI is InChI=1S/C16H13BrO4/c1-19-15(18)16-20-13-7-3-2-5-10(13)9-11-12(17)6-4-8-14(11)21-16/h2-8,16H,9H2,1H3. The molecule has 2 aromatic rings. The molecule has 0 N–H and O–H groups in total. The van der Waals surface area contributed by atoms with Gasteiger partial charge in [0, 0.05) is 16.5 Å². The Morgan fingerprint density at radius 2 is 1.86 bits per heavy atom. The summed E-state index contributed by atoms with van der Waals surface area (Å²) >= 11 is 3.53. The van der Waals surface area contributed by atoms with Crippen LogP contribution in [0.1, 0.15) is 11.1 Å². The van der Waals surface area contributed by atoms with E-state index in [4.69, 9.17) is 14.2 Å². The summed E-state index contributed by atoms with van der Waals surface area (Å²) in [5.74, 6) is 0.654. The van der Waals surface area contributed by atoms with Crippen LogP contribution in [0.4, 0.5) is 0 Å². The maximum absolute atomic E-state index is 11.9. The summed E-state index contributed by atoms with van der Waals surface area (Å²) in [6.45, 7) is 0. The Bertz CT molecular complexity index is 684. The Morgan fingerprint density at radius 3 is 2.67 bits per heavy atom. The van der Waals surface area contributed by atoms with Gasteiger partial charge in [-0.1, -0.05) is 40.2 Å². The lowest BCUT2D eigenvalue weighted by atomic mass is 10.0. The van der Waals surface area contributed by atoms with E-state index in [9.17, 15) is 4.79 Å². The van der Waals surface area contributed by atoms with Crippen molar-refractivity contribution >= 4 is 21.9 Å². The molecular weight excluding hydrogens is 336 g/mol. The maximum atomic E-state index is 11.9. The zero-order chi connectivity index (χ0) is 14.8. The second kappa shape index (κ2) is 5.77. The van der Waals surface area contributed by atoms with Crippen LogP contribution >= 0.6 is 15.9 Å². The van der Waals surface area contributed by atoms with Gasteiger partial charge in [0.1, 0.15) is 11.5 Å². The van der Waals surface area contributed by atoms with E-state index in [0.29, 0.717) is 17.9 Å². The molecule has 3 rings (SSSR count). The van der Waals surface area contributed by atoms with Crippen molar-refractivity contribution in [2.45, 2.75) is 12.7 Å². The first-order valence-electron chi connectivity index (χ1n) is 6.45. The minimum atomic E-state index is -1.12. The van der Waals surface area contributed by atoms with E-state index in [1.165, 1.54) is 7.11 Å². The molecule has 4 nitrogen and oxygen atoms in total. The molecule has 0 saturated carbocycles. The summed E-state index contributed by atoms with van der Waals surface area (Å²) in [5, 5.41) is 0. The largest absolute Gasteiger partial charge is 0.463 e. The van der Waals surface area contributed by atoms with Gasteiger partial charge in [0.2, 0.25) is 0 Å². The van der Waals surface area contributed by atoms with Gasteiger partial charge in [-0.3, -0.25) is 0 Å². The highest BCUT2D eigenvalue weighted by Crippen LogP contribution is 2.35. The lowest BCUT2D eigenvalue weighted by molar-refractivity contribution is -0.162. The molecule has 1 atom stereocenters. The summed E-state index contributed by atoms with van der Waals surface area (Å²) in [7, 11) is 1.31. The molecule has 0 aliphatic carbocycles. The van der Waals surface area contributed by atoms with Crippen molar-refractivity contribution in [2.24, 2.45) is 0 Å². The van der Waals surface area contributed by atoms with Gasteiger partial charge in [-0.25, -0.2) is 4.79 Å². The van der Waals surface area contributed by atoms with Crippen LogP contribution in [0.15, 0.2) is 46.9 Å². The summed E-state index contributed by atoms with van der Waals surface area (Å²) in [5.41, 5.74) is 1.96. The van der Waals surface area contributed by atoms with Gasteiger partial charge in [-0.2, -0.15) is 0 Å². The van der Waals surface area contributed by atoms with Gasteiger partial charge in [0.25, 0.3) is 0 Å². The molecule has 1 aliphatic heterocycles. The Labute approximate surface area is 130 Å². The number of ether oxygens (including phenoxy) is 3. The number of hydrogen-bond donors (Lipinski definition) is 0. The van der Waals surface area contributed by atoms with E-state index in [-0.39, 0.29) is 0 Å². The number of carbonyl (C=O) groups is 1. The van der Waals surface area contributed by atoms with Crippen molar-refractivity contribution in [1.82, 2.24) is 0 Å². The average molecular weight is 349 g/mol. The topological polar surface area (TPSA) is 44.8 Å². The molecule has 0 bridgehead atoms. The Kier molecular flexibility index (Phi) is 3.84. The van der Waals surface area contributed by atoms with Crippen molar-refractivity contribution in [3.05, 3.63) is 58.1 Å². The molecule has 0 radical (unpaired) electrons. The van der Waals surface area contributed by atoms with Crippen LogP contribution in [-0.4, -0.2) is 19.4 Å². The number of carbonyl (C=O) groups excluding carboxylic acids is 1. The zero-order valence-corrected chi connectivity index (χ0v) is 12.9. The minimum absolute atomic E-state index is 0.572. The van der Waals surface area contributed by atoms with Crippen LogP contribution in [0, 0.1) is 0 Å². The highest BCUT2D eigenvalue weighted by molar-refractivity contribution is 9.10. The zero-order valence-electron chi connectivity index (χ0n) is 11.3. The SMILES string of the molecule is COC(=O)C1Oc2ccccc2Cc2c(Br)cccc2O1. The van der Waals surface area contributed by atoms with E-state index < -0.39 is 12.3 Å². The quantitative estimate of drug-likeness (QED) is 0.741. The molecule has 0 spiro atoms. The van der Waals surface area contributed by atoms with Crippen molar-refractivity contribution < 1.29 is 19.0 Å². The number of esters is 1. The fourth-order valence-electron chi connectivity index (χ4n) is 2.22. The second-order valence-corrected chi connectivity index (χ2v) is 5.45. The van der Waals surface area contributed by atoms with Crippen LogP contribution in [0.5, 0.6) is 11.5 Å². The molecule has 0 aromatic heterocycles. The minimum Gasteiger partial charge on any atom is -0.463 e. The van der Waals surface area contributed by atoms with Crippen LogP contribution in [0.25, 0.3) is 0 Å². The number of rotatable bonds is 1. The number of hydrogen-bond acceptors (Lipinski definition) is 4. The highest BCUT2D eigenvalue weighted by Gasteiger charge is 2.28. The number of benzene rings is 2. The molecule has 1 heterocycles. The number of fused-ring (bicyclic) bond motifs is 2. The molecule has 5 heteroatoms. The first-order valence-corrected chi connectivity index (χ1v) is 7.25. The molecule has 2 aromatic carbocycles. The monoisotopic (exact) mass is 348 g/mol. The first-order chi connectivity index (χ1) is 10.2. The highest BCUT2D eigenvalue weighted by atomic mass is 79.9. The van der Waals surface area contributed by atoms with Crippen molar-refractivity contribution in [3.8, 4) is 11.5 Å². The van der Waals surface area contributed by atoms with Gasteiger partial charge in [-0.15, -0.1) is 0 Å². The van der Waals surface area contributed by atoms with E-state index in [1.807, 2.05) is 42.5 Å². The van der Waals surface area contributed by atoms with E-state index in [1.54, 1.807) is 0 Å². The summed E-state index contributed by atoms with van der Waals surface area (Å²) in [4.78, 5) is 11.9. The Hall–Kier alpha value is -2.01. The fourth-order valence-corrected chi connectivity index (χ4v) is 2.71. The van der Waals surface area contributed by atoms with Crippen molar-refractivity contribution in [2.75, 3.05) is 7.11 Å². The van der Waals surface area contributed by atoms with Gasteiger partial charge < -0.3 is 14.2 Å². The molecular formula is C16H13BrO4. The Balaban J connectivity index is 2.11. The predicted octanol–water partition coefficient (Wildman–Crippen LogP) is 3.31. The summed E-state index contributed by atoms with van der Waals surface area (Å²) in [6, 6.07) is 13.2. The van der Waals surface area contributed by atoms with Crippen LogP contribution in [-0.2, 0) is 16.0 Å². The van der Waals surface area contributed by atoms with E-state index in [2.05, 4.69) is 15.9 Å². The molecule has 0 fully saturated rings. The van der Waals surface area contributed by atoms with E-state index >= 15 is 0 Å².